The monoisotopic (exact) mass is 526 g/mol. The SMILES string of the molecule is CCCc1ccc(OCCNC(=O)CN(c2ccc(C)cc2)S(=O)(=O)c2ccc(OC)c(OC)c2)cc1. The Kier molecular flexibility index (Phi) is 9.79. The smallest absolute Gasteiger partial charge is 0.264 e. The summed E-state index contributed by atoms with van der Waals surface area (Å²) < 4.78 is 44.5. The molecule has 0 aromatic heterocycles. The Bertz CT molecular complexity index is 1280. The Balaban J connectivity index is 1.71. The molecule has 0 radical (unpaired) electrons. The lowest BCUT2D eigenvalue weighted by atomic mass is 10.1. The van der Waals surface area contributed by atoms with E-state index in [1.54, 1.807) is 24.3 Å². The predicted octanol–water partition coefficient (Wildman–Crippen LogP) is 4.36. The molecule has 0 aliphatic heterocycles. The molecule has 0 atom stereocenters. The highest BCUT2D eigenvalue weighted by molar-refractivity contribution is 7.92. The normalized spacial score (nSPS) is 11.0. The van der Waals surface area contributed by atoms with Crippen LogP contribution in [0, 0.1) is 6.92 Å². The van der Waals surface area contributed by atoms with Gasteiger partial charge in [-0.05, 0) is 55.3 Å². The van der Waals surface area contributed by atoms with Crippen molar-refractivity contribution in [2.75, 3.05) is 38.2 Å². The highest BCUT2D eigenvalue weighted by Gasteiger charge is 2.28. The van der Waals surface area contributed by atoms with Gasteiger partial charge in [0.15, 0.2) is 11.5 Å². The Hall–Kier alpha value is -3.72. The maximum Gasteiger partial charge on any atom is 0.264 e. The second kappa shape index (κ2) is 13.0. The summed E-state index contributed by atoms with van der Waals surface area (Å²) in [5.74, 6) is 0.941. The van der Waals surface area contributed by atoms with Gasteiger partial charge in [-0.15, -0.1) is 0 Å². The first-order valence-corrected chi connectivity index (χ1v) is 13.5. The average molecular weight is 527 g/mol. The van der Waals surface area contributed by atoms with E-state index >= 15 is 0 Å². The molecule has 0 fully saturated rings. The highest BCUT2D eigenvalue weighted by Crippen LogP contribution is 2.32. The predicted molar refractivity (Wildman–Crippen MR) is 144 cm³/mol. The fraction of sp³-hybridized carbons (Fsp3) is 0.321. The quantitative estimate of drug-likeness (QED) is 0.333. The molecule has 198 valence electrons. The van der Waals surface area contributed by atoms with Crippen LogP contribution in [0.15, 0.2) is 71.6 Å². The van der Waals surface area contributed by atoms with Crippen molar-refractivity contribution >= 4 is 21.6 Å². The molecule has 0 aliphatic rings. The van der Waals surface area contributed by atoms with Crippen molar-refractivity contribution in [2.24, 2.45) is 0 Å². The summed E-state index contributed by atoms with van der Waals surface area (Å²) in [6.45, 7) is 4.12. The second-order valence-electron chi connectivity index (χ2n) is 8.46. The third-order valence-corrected chi connectivity index (χ3v) is 7.48. The van der Waals surface area contributed by atoms with E-state index in [-0.39, 0.29) is 23.8 Å². The number of anilines is 1. The summed E-state index contributed by atoms with van der Waals surface area (Å²) >= 11 is 0. The first-order valence-electron chi connectivity index (χ1n) is 12.1. The number of carbonyl (C=O) groups is 1. The number of benzene rings is 3. The van der Waals surface area contributed by atoms with E-state index in [0.717, 1.165) is 22.7 Å². The van der Waals surface area contributed by atoms with Crippen LogP contribution in [0.2, 0.25) is 0 Å². The summed E-state index contributed by atoms with van der Waals surface area (Å²) in [5.41, 5.74) is 2.59. The van der Waals surface area contributed by atoms with Crippen LogP contribution in [-0.2, 0) is 21.2 Å². The zero-order chi connectivity index (χ0) is 26.8. The largest absolute Gasteiger partial charge is 0.493 e. The number of amides is 1. The number of aryl methyl sites for hydroxylation is 2. The van der Waals surface area contributed by atoms with E-state index in [2.05, 4.69) is 12.2 Å². The lowest BCUT2D eigenvalue weighted by molar-refractivity contribution is -0.119. The van der Waals surface area contributed by atoms with E-state index in [9.17, 15) is 13.2 Å². The van der Waals surface area contributed by atoms with E-state index in [0.29, 0.717) is 17.2 Å². The molecule has 0 heterocycles. The average Bonchev–Trinajstić information content (AvgIpc) is 2.91. The van der Waals surface area contributed by atoms with Crippen LogP contribution in [0.3, 0.4) is 0 Å². The van der Waals surface area contributed by atoms with E-state index in [1.165, 1.54) is 38.0 Å². The van der Waals surface area contributed by atoms with Crippen LogP contribution in [-0.4, -0.2) is 48.2 Å². The first-order chi connectivity index (χ1) is 17.8. The molecular formula is C28H34N2O6S. The molecule has 8 nitrogen and oxygen atoms in total. The van der Waals surface area contributed by atoms with Crippen molar-refractivity contribution in [3.8, 4) is 17.2 Å². The van der Waals surface area contributed by atoms with Gasteiger partial charge in [0.1, 0.15) is 18.9 Å². The molecule has 1 amide bonds. The molecule has 0 unspecified atom stereocenters. The first kappa shape index (κ1) is 27.9. The van der Waals surface area contributed by atoms with Crippen LogP contribution in [0.25, 0.3) is 0 Å². The van der Waals surface area contributed by atoms with Gasteiger partial charge in [0, 0.05) is 6.07 Å². The van der Waals surface area contributed by atoms with Crippen molar-refractivity contribution in [3.05, 3.63) is 77.9 Å². The van der Waals surface area contributed by atoms with Gasteiger partial charge in [-0.25, -0.2) is 8.42 Å². The molecule has 1 N–H and O–H groups in total. The van der Waals surface area contributed by atoms with Gasteiger partial charge in [-0.1, -0.05) is 43.2 Å². The molecular weight excluding hydrogens is 492 g/mol. The van der Waals surface area contributed by atoms with Gasteiger partial charge in [0.25, 0.3) is 10.0 Å². The van der Waals surface area contributed by atoms with E-state index in [1.807, 2.05) is 31.2 Å². The minimum atomic E-state index is -4.10. The van der Waals surface area contributed by atoms with Gasteiger partial charge in [0.05, 0.1) is 31.3 Å². The molecule has 3 aromatic rings. The van der Waals surface area contributed by atoms with Crippen molar-refractivity contribution in [3.63, 3.8) is 0 Å². The van der Waals surface area contributed by atoms with Crippen molar-refractivity contribution in [1.82, 2.24) is 5.32 Å². The number of hydrogen-bond donors (Lipinski definition) is 1. The minimum Gasteiger partial charge on any atom is -0.493 e. The molecule has 0 bridgehead atoms. The number of sulfonamides is 1. The van der Waals surface area contributed by atoms with E-state index < -0.39 is 22.5 Å². The van der Waals surface area contributed by atoms with Gasteiger partial charge in [-0.3, -0.25) is 9.10 Å². The molecule has 0 saturated carbocycles. The maximum atomic E-state index is 13.6. The van der Waals surface area contributed by atoms with Crippen molar-refractivity contribution < 1.29 is 27.4 Å². The number of hydrogen-bond acceptors (Lipinski definition) is 6. The summed E-state index contributed by atoms with van der Waals surface area (Å²) in [6, 6.07) is 19.1. The number of nitrogens with zero attached hydrogens (tertiary/aromatic N) is 1. The highest BCUT2D eigenvalue weighted by atomic mass is 32.2. The topological polar surface area (TPSA) is 94.2 Å². The molecule has 3 rings (SSSR count). The van der Waals surface area contributed by atoms with Gasteiger partial charge in [-0.2, -0.15) is 0 Å². The van der Waals surface area contributed by atoms with Crippen LogP contribution in [0.4, 0.5) is 5.69 Å². The zero-order valence-electron chi connectivity index (χ0n) is 21.7. The number of nitrogens with one attached hydrogen (secondary N) is 1. The fourth-order valence-corrected chi connectivity index (χ4v) is 5.15. The summed E-state index contributed by atoms with van der Waals surface area (Å²) in [7, 11) is -1.19. The molecule has 9 heteroatoms. The Morgan fingerprint density at radius 1 is 0.919 bits per heavy atom. The molecule has 0 saturated heterocycles. The van der Waals surface area contributed by atoms with Gasteiger partial charge >= 0.3 is 0 Å². The molecule has 3 aromatic carbocycles. The number of ether oxygens (including phenoxy) is 3. The molecule has 0 spiro atoms. The Labute approximate surface area is 219 Å². The van der Waals surface area contributed by atoms with E-state index in [4.69, 9.17) is 14.2 Å². The third kappa shape index (κ3) is 7.39. The summed E-state index contributed by atoms with van der Waals surface area (Å²) in [4.78, 5) is 12.8. The Morgan fingerprint density at radius 2 is 1.59 bits per heavy atom. The maximum absolute atomic E-state index is 13.6. The number of carbonyl (C=O) groups excluding carboxylic acids is 1. The fourth-order valence-electron chi connectivity index (χ4n) is 3.72. The standard InChI is InChI=1S/C28H34N2O6S/c1-5-6-22-9-13-24(14-10-22)36-18-17-29-28(31)20-30(23-11-7-21(2)8-12-23)37(32,33)25-15-16-26(34-3)27(19-25)35-4/h7-16,19H,5-6,17-18,20H2,1-4H3,(H,29,31). The van der Waals surface area contributed by atoms with Gasteiger partial charge < -0.3 is 19.5 Å². The van der Waals surface area contributed by atoms with Crippen molar-refractivity contribution in [1.29, 1.82) is 0 Å². The third-order valence-electron chi connectivity index (χ3n) is 5.71. The lowest BCUT2D eigenvalue weighted by Crippen LogP contribution is -2.41. The van der Waals surface area contributed by atoms with Crippen LogP contribution in [0.1, 0.15) is 24.5 Å². The lowest BCUT2D eigenvalue weighted by Gasteiger charge is -2.24. The second-order valence-corrected chi connectivity index (χ2v) is 10.3. The number of methoxy groups -OCH3 is 2. The van der Waals surface area contributed by atoms with Gasteiger partial charge in [0.2, 0.25) is 5.91 Å². The zero-order valence-corrected chi connectivity index (χ0v) is 22.5. The minimum absolute atomic E-state index is 0.0200. The van der Waals surface area contributed by atoms with Crippen LogP contribution in [0.5, 0.6) is 17.2 Å². The Morgan fingerprint density at radius 3 is 2.22 bits per heavy atom. The number of rotatable bonds is 13. The van der Waals surface area contributed by atoms with Crippen molar-refractivity contribution in [2.45, 2.75) is 31.6 Å². The van der Waals surface area contributed by atoms with Crippen LogP contribution < -0.4 is 23.8 Å². The summed E-state index contributed by atoms with van der Waals surface area (Å²) in [5, 5.41) is 2.75. The molecule has 0 aliphatic carbocycles. The molecule has 37 heavy (non-hydrogen) atoms. The van der Waals surface area contributed by atoms with Crippen LogP contribution >= 0.6 is 0 Å². The summed E-state index contributed by atoms with van der Waals surface area (Å²) in [6.07, 6.45) is 2.09.